The number of benzene rings is 2. The van der Waals surface area contributed by atoms with Crippen molar-refractivity contribution in [2.45, 2.75) is 11.7 Å². The van der Waals surface area contributed by atoms with Crippen LogP contribution in [0.3, 0.4) is 0 Å². The van der Waals surface area contributed by atoms with Gasteiger partial charge in [-0.15, -0.1) is 6.58 Å². The lowest BCUT2D eigenvalue weighted by atomic mass is 10.2. The number of anilines is 1. The number of hydrogen-bond donors (Lipinski definition) is 1. The monoisotopic (exact) mass is 427 g/mol. The molecular formula is C21H18ClN3O3S. The van der Waals surface area contributed by atoms with Gasteiger partial charge in [0.15, 0.2) is 16.7 Å². The summed E-state index contributed by atoms with van der Waals surface area (Å²) in [5.41, 5.74) is 2.61. The van der Waals surface area contributed by atoms with E-state index in [9.17, 15) is 4.79 Å². The molecule has 0 aliphatic carbocycles. The standard InChI is InChI=1S/C21H18ClN3O3S/c1-2-9-25-17(14-3-5-15(22)6-4-14)11-23-21(25)29-12-20(26)24-16-7-8-18-19(10-16)28-13-27-18/h2-8,10-11H,1,9,12-13H2,(H,24,26). The molecule has 1 amide bonds. The van der Waals surface area contributed by atoms with Crippen LogP contribution in [0, 0.1) is 0 Å². The highest BCUT2D eigenvalue weighted by Gasteiger charge is 2.16. The summed E-state index contributed by atoms with van der Waals surface area (Å²) in [6, 6.07) is 12.9. The third-order valence-corrected chi connectivity index (χ3v) is 5.50. The Kier molecular flexibility index (Phi) is 5.78. The Bertz CT molecular complexity index is 1050. The van der Waals surface area contributed by atoms with Gasteiger partial charge in [0.05, 0.1) is 17.6 Å². The van der Waals surface area contributed by atoms with Crippen LogP contribution in [0.15, 0.2) is 66.5 Å². The Balaban J connectivity index is 1.44. The molecule has 0 radical (unpaired) electrons. The molecule has 2 aromatic carbocycles. The lowest BCUT2D eigenvalue weighted by Gasteiger charge is -2.10. The van der Waals surface area contributed by atoms with E-state index in [2.05, 4.69) is 16.9 Å². The van der Waals surface area contributed by atoms with Crippen molar-refractivity contribution in [1.82, 2.24) is 9.55 Å². The third kappa shape index (κ3) is 4.41. The van der Waals surface area contributed by atoms with Crippen molar-refractivity contribution >= 4 is 35.0 Å². The van der Waals surface area contributed by atoms with E-state index in [4.69, 9.17) is 21.1 Å². The van der Waals surface area contributed by atoms with Crippen LogP contribution in [0.1, 0.15) is 0 Å². The van der Waals surface area contributed by atoms with E-state index in [-0.39, 0.29) is 18.5 Å². The van der Waals surface area contributed by atoms with Crippen molar-refractivity contribution in [3.05, 3.63) is 66.3 Å². The normalized spacial score (nSPS) is 12.0. The first kappa shape index (κ1) is 19.4. The number of thioether (sulfide) groups is 1. The quantitative estimate of drug-likeness (QED) is 0.431. The molecule has 8 heteroatoms. The zero-order valence-electron chi connectivity index (χ0n) is 15.4. The molecule has 0 bridgehead atoms. The Morgan fingerprint density at radius 2 is 2.03 bits per heavy atom. The fourth-order valence-electron chi connectivity index (χ4n) is 2.93. The minimum absolute atomic E-state index is 0.130. The molecule has 2 heterocycles. The molecule has 1 N–H and O–H groups in total. The number of rotatable bonds is 7. The fraction of sp³-hybridized carbons (Fsp3) is 0.143. The number of nitrogens with zero attached hydrogens (tertiary/aromatic N) is 2. The van der Waals surface area contributed by atoms with Crippen molar-refractivity contribution in [1.29, 1.82) is 0 Å². The first-order valence-corrected chi connectivity index (χ1v) is 10.2. The van der Waals surface area contributed by atoms with E-state index < -0.39 is 0 Å². The lowest BCUT2D eigenvalue weighted by molar-refractivity contribution is -0.113. The molecular weight excluding hydrogens is 410 g/mol. The van der Waals surface area contributed by atoms with Gasteiger partial charge in [0.25, 0.3) is 0 Å². The highest BCUT2D eigenvalue weighted by molar-refractivity contribution is 7.99. The molecule has 0 unspecified atom stereocenters. The number of allylic oxidation sites excluding steroid dienone is 1. The van der Waals surface area contributed by atoms with E-state index >= 15 is 0 Å². The number of nitrogens with one attached hydrogen (secondary N) is 1. The average Bonchev–Trinajstić information content (AvgIpc) is 3.34. The SMILES string of the molecule is C=CCn1c(-c2ccc(Cl)cc2)cnc1SCC(=O)Nc1ccc2c(c1)OCO2. The Morgan fingerprint density at radius 1 is 1.24 bits per heavy atom. The first-order chi connectivity index (χ1) is 14.1. The van der Waals surface area contributed by atoms with Gasteiger partial charge in [-0.2, -0.15) is 0 Å². The molecule has 0 atom stereocenters. The number of amides is 1. The summed E-state index contributed by atoms with van der Waals surface area (Å²) in [4.78, 5) is 16.9. The van der Waals surface area contributed by atoms with Gasteiger partial charge in [-0.05, 0) is 29.8 Å². The van der Waals surface area contributed by atoms with Crippen LogP contribution in [0.5, 0.6) is 11.5 Å². The predicted molar refractivity (Wildman–Crippen MR) is 115 cm³/mol. The zero-order chi connectivity index (χ0) is 20.2. The second kappa shape index (κ2) is 8.63. The molecule has 1 aliphatic rings. The number of fused-ring (bicyclic) bond motifs is 1. The number of ether oxygens (including phenoxy) is 2. The molecule has 1 aromatic heterocycles. The Morgan fingerprint density at radius 3 is 2.83 bits per heavy atom. The minimum Gasteiger partial charge on any atom is -0.454 e. The summed E-state index contributed by atoms with van der Waals surface area (Å²) in [7, 11) is 0. The third-order valence-electron chi connectivity index (χ3n) is 4.26. The number of carbonyl (C=O) groups excluding carboxylic acids is 1. The predicted octanol–water partition coefficient (Wildman–Crippen LogP) is 4.85. The maximum atomic E-state index is 12.4. The highest BCUT2D eigenvalue weighted by atomic mass is 35.5. The van der Waals surface area contributed by atoms with Gasteiger partial charge in [0.1, 0.15) is 0 Å². The van der Waals surface area contributed by atoms with Gasteiger partial charge in [-0.25, -0.2) is 4.98 Å². The van der Waals surface area contributed by atoms with Crippen molar-refractivity contribution in [3.8, 4) is 22.8 Å². The summed E-state index contributed by atoms with van der Waals surface area (Å²) in [6.45, 7) is 4.61. The minimum atomic E-state index is -0.130. The number of hydrogen-bond acceptors (Lipinski definition) is 5. The largest absolute Gasteiger partial charge is 0.454 e. The van der Waals surface area contributed by atoms with Crippen LogP contribution in [0.2, 0.25) is 5.02 Å². The smallest absolute Gasteiger partial charge is 0.234 e. The van der Waals surface area contributed by atoms with Crippen molar-refractivity contribution in [3.63, 3.8) is 0 Å². The molecule has 6 nitrogen and oxygen atoms in total. The van der Waals surface area contributed by atoms with Crippen LogP contribution >= 0.6 is 23.4 Å². The zero-order valence-corrected chi connectivity index (χ0v) is 17.0. The average molecular weight is 428 g/mol. The lowest BCUT2D eigenvalue weighted by Crippen LogP contribution is -2.14. The van der Waals surface area contributed by atoms with Gasteiger partial charge >= 0.3 is 0 Å². The molecule has 3 aromatic rings. The van der Waals surface area contributed by atoms with E-state index in [1.165, 1.54) is 11.8 Å². The first-order valence-electron chi connectivity index (χ1n) is 8.88. The molecule has 148 valence electrons. The van der Waals surface area contributed by atoms with Gasteiger partial charge in [-0.3, -0.25) is 4.79 Å². The van der Waals surface area contributed by atoms with Crippen LogP contribution in [0.4, 0.5) is 5.69 Å². The molecule has 0 fully saturated rings. The summed E-state index contributed by atoms with van der Waals surface area (Å²) in [6.07, 6.45) is 3.60. The molecule has 1 aliphatic heterocycles. The second-order valence-corrected chi connectivity index (χ2v) is 7.62. The molecule has 0 saturated heterocycles. The van der Waals surface area contributed by atoms with Gasteiger partial charge < -0.3 is 19.4 Å². The van der Waals surface area contributed by atoms with Gasteiger partial charge in [0, 0.05) is 23.3 Å². The summed E-state index contributed by atoms with van der Waals surface area (Å²) < 4.78 is 12.6. The number of imidazole rings is 1. The summed E-state index contributed by atoms with van der Waals surface area (Å²) in [5.74, 6) is 1.40. The Hall–Kier alpha value is -2.90. The summed E-state index contributed by atoms with van der Waals surface area (Å²) in [5, 5.41) is 4.30. The Labute approximate surface area is 177 Å². The second-order valence-electron chi connectivity index (χ2n) is 6.24. The van der Waals surface area contributed by atoms with E-state index in [1.807, 2.05) is 28.8 Å². The van der Waals surface area contributed by atoms with Crippen molar-refractivity contribution in [2.24, 2.45) is 0 Å². The van der Waals surface area contributed by atoms with Crippen LogP contribution < -0.4 is 14.8 Å². The van der Waals surface area contributed by atoms with E-state index in [0.29, 0.717) is 28.8 Å². The van der Waals surface area contributed by atoms with Crippen molar-refractivity contribution < 1.29 is 14.3 Å². The van der Waals surface area contributed by atoms with E-state index in [0.717, 1.165) is 16.4 Å². The topological polar surface area (TPSA) is 65.4 Å². The van der Waals surface area contributed by atoms with Crippen LogP contribution in [-0.4, -0.2) is 28.0 Å². The molecule has 0 saturated carbocycles. The maximum absolute atomic E-state index is 12.4. The number of halogens is 1. The molecule has 4 rings (SSSR count). The summed E-state index contributed by atoms with van der Waals surface area (Å²) >= 11 is 7.35. The highest BCUT2D eigenvalue weighted by Crippen LogP contribution is 2.34. The van der Waals surface area contributed by atoms with Gasteiger partial charge in [-0.1, -0.05) is 41.6 Å². The maximum Gasteiger partial charge on any atom is 0.234 e. The molecule has 0 spiro atoms. The van der Waals surface area contributed by atoms with Crippen LogP contribution in [0.25, 0.3) is 11.3 Å². The van der Waals surface area contributed by atoms with E-state index in [1.54, 1.807) is 30.5 Å². The molecule has 29 heavy (non-hydrogen) atoms. The number of aromatic nitrogens is 2. The van der Waals surface area contributed by atoms with Gasteiger partial charge in [0.2, 0.25) is 12.7 Å². The fourth-order valence-corrected chi connectivity index (χ4v) is 3.85. The number of carbonyl (C=O) groups is 1. The van der Waals surface area contributed by atoms with Crippen molar-refractivity contribution in [2.75, 3.05) is 17.9 Å². The van der Waals surface area contributed by atoms with Crippen LogP contribution in [-0.2, 0) is 11.3 Å².